The summed E-state index contributed by atoms with van der Waals surface area (Å²) in [6.45, 7) is 3.24. The number of piperidine rings is 1. The van der Waals surface area contributed by atoms with Crippen molar-refractivity contribution in [2.24, 2.45) is 10.7 Å². The van der Waals surface area contributed by atoms with Gasteiger partial charge < -0.3 is 16.4 Å². The number of allylic oxidation sites excluding steroid dienone is 1. The number of nitrogens with one attached hydrogen (secondary N) is 2. The van der Waals surface area contributed by atoms with E-state index in [2.05, 4.69) is 15.6 Å². The average molecular weight is 541 g/mol. The highest BCUT2D eigenvalue weighted by Gasteiger charge is 2.41. The summed E-state index contributed by atoms with van der Waals surface area (Å²) >= 11 is 0. The quantitative estimate of drug-likeness (QED) is 0.376. The SMILES string of the molecule is CC/C(N)=C1/C(=Nc2ccccc2)NC(=O)C(NC(C)=O)C1c1ccc(F)cc1.FC(F)(F)c1ccccc1. The summed E-state index contributed by atoms with van der Waals surface area (Å²) in [5, 5.41) is 5.48. The van der Waals surface area contributed by atoms with Gasteiger partial charge in [-0.15, -0.1) is 0 Å². The van der Waals surface area contributed by atoms with E-state index in [0.717, 1.165) is 12.1 Å². The molecule has 1 aliphatic rings. The van der Waals surface area contributed by atoms with Crippen LogP contribution in [0.5, 0.6) is 0 Å². The fraction of sp³-hybridized carbons (Fsp3) is 0.207. The first-order valence-corrected chi connectivity index (χ1v) is 12.1. The van der Waals surface area contributed by atoms with Crippen molar-refractivity contribution < 1.29 is 27.2 Å². The number of nitrogens with zero attached hydrogens (tertiary/aromatic N) is 1. The number of carbonyl (C=O) groups is 2. The Balaban J connectivity index is 0.000000353. The summed E-state index contributed by atoms with van der Waals surface area (Å²) in [5.74, 6) is -1.42. The zero-order valence-electron chi connectivity index (χ0n) is 21.3. The fourth-order valence-corrected chi connectivity index (χ4v) is 4.01. The zero-order chi connectivity index (χ0) is 28.6. The smallest absolute Gasteiger partial charge is 0.402 e. The van der Waals surface area contributed by atoms with Gasteiger partial charge in [-0.2, -0.15) is 13.2 Å². The van der Waals surface area contributed by atoms with Crippen molar-refractivity contribution in [2.75, 3.05) is 0 Å². The van der Waals surface area contributed by atoms with Gasteiger partial charge in [0.1, 0.15) is 17.7 Å². The fourth-order valence-electron chi connectivity index (χ4n) is 4.01. The van der Waals surface area contributed by atoms with Crippen molar-refractivity contribution in [1.29, 1.82) is 0 Å². The number of carbonyl (C=O) groups excluding carboxylic acids is 2. The van der Waals surface area contributed by atoms with Crippen LogP contribution < -0.4 is 16.4 Å². The molecule has 1 saturated heterocycles. The lowest BCUT2D eigenvalue weighted by molar-refractivity contribution is -0.137. The third-order valence-corrected chi connectivity index (χ3v) is 5.84. The molecule has 0 bridgehead atoms. The van der Waals surface area contributed by atoms with Gasteiger partial charge in [0.2, 0.25) is 11.8 Å². The Kier molecular flexibility index (Phi) is 9.59. The van der Waals surface area contributed by atoms with E-state index in [4.69, 9.17) is 5.73 Å². The largest absolute Gasteiger partial charge is 0.416 e. The molecule has 0 aliphatic carbocycles. The van der Waals surface area contributed by atoms with Crippen molar-refractivity contribution in [1.82, 2.24) is 10.6 Å². The van der Waals surface area contributed by atoms with Gasteiger partial charge in [-0.3, -0.25) is 9.59 Å². The molecular formula is C29H28F4N4O2. The van der Waals surface area contributed by atoms with Crippen molar-refractivity contribution in [2.45, 2.75) is 38.4 Å². The molecule has 1 heterocycles. The average Bonchev–Trinajstić information content (AvgIpc) is 2.91. The Morgan fingerprint density at radius 1 is 0.974 bits per heavy atom. The van der Waals surface area contributed by atoms with Gasteiger partial charge in [-0.05, 0) is 36.2 Å². The molecule has 4 N–H and O–H groups in total. The van der Waals surface area contributed by atoms with Crippen LogP contribution in [0, 0.1) is 5.82 Å². The standard InChI is InChI=1S/C22H23FN4O2.C7H5F3/c1-3-17(24)19-18(14-9-11-15(23)12-10-14)20(25-13(2)28)22(29)27-21(19)26-16-7-5-4-6-8-16;8-7(9,10)6-4-2-1-3-5-6/h4-12,18,20H,3,24H2,1-2H3,(H,25,28)(H,26,27,29);1-5H/b19-17-;. The number of nitrogens with two attached hydrogens (primary N) is 1. The van der Waals surface area contributed by atoms with E-state index in [-0.39, 0.29) is 5.91 Å². The van der Waals surface area contributed by atoms with E-state index in [1.165, 1.54) is 31.2 Å². The molecular weight excluding hydrogens is 512 g/mol. The summed E-state index contributed by atoms with van der Waals surface area (Å²) in [6.07, 6.45) is -3.69. The predicted octanol–water partition coefficient (Wildman–Crippen LogP) is 5.60. The second kappa shape index (κ2) is 12.9. The highest BCUT2D eigenvalue weighted by atomic mass is 19.4. The van der Waals surface area contributed by atoms with Gasteiger partial charge >= 0.3 is 6.18 Å². The lowest BCUT2D eigenvalue weighted by Crippen LogP contribution is -2.57. The third-order valence-electron chi connectivity index (χ3n) is 5.84. The Morgan fingerprint density at radius 2 is 1.54 bits per heavy atom. The minimum atomic E-state index is -4.21. The Bertz CT molecular complexity index is 1340. The summed E-state index contributed by atoms with van der Waals surface area (Å²) in [4.78, 5) is 29.3. The minimum Gasteiger partial charge on any atom is -0.402 e. The van der Waals surface area contributed by atoms with Crippen LogP contribution in [0.4, 0.5) is 23.2 Å². The normalized spacial score (nSPS) is 19.4. The van der Waals surface area contributed by atoms with Crippen LogP contribution in [0.15, 0.2) is 101 Å². The molecule has 3 aromatic carbocycles. The lowest BCUT2D eigenvalue weighted by atomic mass is 9.79. The number of hydrogen-bond acceptors (Lipinski definition) is 4. The number of amides is 2. The number of aliphatic imine (C=N–C) groups is 1. The van der Waals surface area contributed by atoms with Crippen molar-refractivity contribution in [3.05, 3.63) is 113 Å². The van der Waals surface area contributed by atoms with E-state index in [1.807, 2.05) is 37.3 Å². The highest BCUT2D eigenvalue weighted by Crippen LogP contribution is 2.35. The monoisotopic (exact) mass is 540 g/mol. The minimum absolute atomic E-state index is 0.330. The number of amidine groups is 1. The molecule has 2 unspecified atom stereocenters. The van der Waals surface area contributed by atoms with Crippen LogP contribution >= 0.6 is 0 Å². The Hall–Kier alpha value is -4.47. The third kappa shape index (κ3) is 7.76. The number of halogens is 4. The van der Waals surface area contributed by atoms with E-state index in [1.54, 1.807) is 18.2 Å². The maximum absolute atomic E-state index is 13.5. The number of hydrogen-bond donors (Lipinski definition) is 3. The number of rotatable bonds is 4. The highest BCUT2D eigenvalue weighted by molar-refractivity contribution is 6.15. The first-order chi connectivity index (χ1) is 18.5. The number of para-hydroxylation sites is 1. The molecule has 0 spiro atoms. The summed E-state index contributed by atoms with van der Waals surface area (Å²) in [6, 6.07) is 20.5. The molecule has 1 aliphatic heterocycles. The Labute approximate surface area is 223 Å². The second-order valence-corrected chi connectivity index (χ2v) is 8.65. The van der Waals surface area contributed by atoms with Crippen LogP contribution in [0.1, 0.15) is 37.3 Å². The topological polar surface area (TPSA) is 96.6 Å². The van der Waals surface area contributed by atoms with Crippen molar-refractivity contribution in [3.8, 4) is 0 Å². The van der Waals surface area contributed by atoms with Crippen LogP contribution in [0.3, 0.4) is 0 Å². The molecule has 6 nitrogen and oxygen atoms in total. The maximum Gasteiger partial charge on any atom is 0.416 e. The van der Waals surface area contributed by atoms with Crippen LogP contribution in [0.25, 0.3) is 0 Å². The van der Waals surface area contributed by atoms with E-state index < -0.39 is 35.4 Å². The molecule has 204 valence electrons. The van der Waals surface area contributed by atoms with Gasteiger partial charge in [-0.1, -0.05) is 67.6 Å². The van der Waals surface area contributed by atoms with Crippen molar-refractivity contribution >= 4 is 23.3 Å². The summed E-state index contributed by atoms with van der Waals surface area (Å²) in [7, 11) is 0. The van der Waals surface area contributed by atoms with E-state index >= 15 is 0 Å². The second-order valence-electron chi connectivity index (χ2n) is 8.65. The summed E-state index contributed by atoms with van der Waals surface area (Å²) in [5.41, 5.74) is 8.20. The van der Waals surface area contributed by atoms with Gasteiger partial charge in [0.15, 0.2) is 0 Å². The summed E-state index contributed by atoms with van der Waals surface area (Å²) < 4.78 is 48.9. The van der Waals surface area contributed by atoms with Crippen LogP contribution in [-0.4, -0.2) is 23.7 Å². The molecule has 4 rings (SSSR count). The molecule has 0 radical (unpaired) electrons. The first-order valence-electron chi connectivity index (χ1n) is 12.1. The predicted molar refractivity (Wildman–Crippen MR) is 141 cm³/mol. The molecule has 0 saturated carbocycles. The van der Waals surface area contributed by atoms with Crippen molar-refractivity contribution in [3.63, 3.8) is 0 Å². The Morgan fingerprint density at radius 3 is 2.03 bits per heavy atom. The number of alkyl halides is 3. The van der Waals surface area contributed by atoms with E-state index in [9.17, 15) is 27.2 Å². The zero-order valence-corrected chi connectivity index (χ0v) is 21.3. The first kappa shape index (κ1) is 29.1. The molecule has 3 aromatic rings. The molecule has 2 amide bonds. The molecule has 1 fully saturated rings. The number of benzene rings is 3. The molecule has 10 heteroatoms. The van der Waals surface area contributed by atoms with Gasteiger partial charge in [0, 0.05) is 24.1 Å². The molecule has 39 heavy (non-hydrogen) atoms. The van der Waals surface area contributed by atoms with E-state index in [0.29, 0.717) is 34.8 Å². The lowest BCUT2D eigenvalue weighted by Gasteiger charge is -2.35. The van der Waals surface area contributed by atoms with Gasteiger partial charge in [-0.25, -0.2) is 9.38 Å². The van der Waals surface area contributed by atoms with Gasteiger partial charge in [0.05, 0.1) is 11.3 Å². The molecule has 0 aromatic heterocycles. The maximum atomic E-state index is 13.5. The van der Waals surface area contributed by atoms with Crippen LogP contribution in [0.2, 0.25) is 0 Å². The van der Waals surface area contributed by atoms with Crippen LogP contribution in [-0.2, 0) is 15.8 Å². The van der Waals surface area contributed by atoms with Gasteiger partial charge in [0.25, 0.3) is 0 Å². The molecule has 2 atom stereocenters.